The van der Waals surface area contributed by atoms with Crippen LogP contribution in [0, 0.1) is 0 Å². The molecule has 10 N–H and O–H groups in total. The highest BCUT2D eigenvalue weighted by atomic mass is 32.1. The first-order chi connectivity index (χ1) is 13.6. The van der Waals surface area contributed by atoms with Crippen molar-refractivity contribution in [3.63, 3.8) is 0 Å². The zero-order chi connectivity index (χ0) is 22.6. The number of unbranched alkanes of at least 4 members (excludes halogenated alkanes) is 1. The first-order valence-corrected chi connectivity index (χ1v) is 9.71. The summed E-state index contributed by atoms with van der Waals surface area (Å²) in [5.41, 5.74) is 10.7. The molecule has 0 saturated carbocycles. The third-order valence-electron chi connectivity index (χ3n) is 3.97. The summed E-state index contributed by atoms with van der Waals surface area (Å²) in [5, 5.41) is 34.8. The monoisotopic (exact) mass is 437 g/mol. The van der Waals surface area contributed by atoms with Crippen LogP contribution in [0.15, 0.2) is 0 Å². The molecule has 0 aromatic carbocycles. The highest BCUT2D eigenvalue weighted by molar-refractivity contribution is 7.80. The second kappa shape index (κ2) is 14.1. The van der Waals surface area contributed by atoms with Gasteiger partial charge >= 0.3 is 5.97 Å². The number of hydrogen-bond acceptors (Lipinski definition) is 9. The van der Waals surface area contributed by atoms with Crippen LogP contribution in [0.2, 0.25) is 0 Å². The number of hydrogen-bond donors (Lipinski definition) is 9. The van der Waals surface area contributed by atoms with E-state index in [4.69, 9.17) is 16.6 Å². The Kier molecular flexibility index (Phi) is 13.2. The van der Waals surface area contributed by atoms with Crippen molar-refractivity contribution in [2.75, 3.05) is 18.9 Å². The van der Waals surface area contributed by atoms with Crippen molar-refractivity contribution >= 4 is 36.3 Å². The molecule has 12 nitrogen and oxygen atoms in total. The van der Waals surface area contributed by atoms with E-state index in [1.807, 2.05) is 0 Å². The summed E-state index contributed by atoms with van der Waals surface area (Å²) in [5.74, 6) is -3.95. The number of carbonyl (C=O) groups is 4. The zero-order valence-corrected chi connectivity index (χ0v) is 17.1. The second-order valence-corrected chi connectivity index (χ2v) is 6.81. The second-order valence-electron chi connectivity index (χ2n) is 6.44. The normalized spacial score (nSPS) is 16.1. The van der Waals surface area contributed by atoms with Crippen LogP contribution in [0.5, 0.6) is 0 Å². The smallest absolute Gasteiger partial charge is 0.326 e. The summed E-state index contributed by atoms with van der Waals surface area (Å²) in [4.78, 5) is 47.9. The largest absolute Gasteiger partial charge is 0.480 e. The van der Waals surface area contributed by atoms with Crippen molar-refractivity contribution in [2.24, 2.45) is 11.5 Å². The van der Waals surface area contributed by atoms with Gasteiger partial charge in [0.1, 0.15) is 24.2 Å². The molecular formula is C16H31N5O7S. The first kappa shape index (κ1) is 27.1. The van der Waals surface area contributed by atoms with Crippen LogP contribution in [0.1, 0.15) is 26.2 Å². The van der Waals surface area contributed by atoms with E-state index in [1.54, 1.807) is 0 Å². The Morgan fingerprint density at radius 2 is 1.59 bits per heavy atom. The van der Waals surface area contributed by atoms with E-state index < -0.39 is 60.6 Å². The lowest BCUT2D eigenvalue weighted by Gasteiger charge is -2.26. The number of rotatable bonds is 14. The predicted octanol–water partition coefficient (Wildman–Crippen LogP) is -3.72. The Morgan fingerprint density at radius 3 is 2.03 bits per heavy atom. The molecule has 0 aliphatic heterocycles. The Morgan fingerprint density at radius 1 is 1.00 bits per heavy atom. The fourth-order valence-electron chi connectivity index (χ4n) is 2.23. The number of aliphatic hydroxyl groups excluding tert-OH is 2. The summed E-state index contributed by atoms with van der Waals surface area (Å²) in [6.45, 7) is 0.986. The zero-order valence-electron chi connectivity index (χ0n) is 16.2. The predicted molar refractivity (Wildman–Crippen MR) is 107 cm³/mol. The Labute approximate surface area is 174 Å². The van der Waals surface area contributed by atoms with Gasteiger partial charge in [0.25, 0.3) is 0 Å². The van der Waals surface area contributed by atoms with Gasteiger partial charge in [-0.15, -0.1) is 0 Å². The van der Waals surface area contributed by atoms with Crippen LogP contribution in [0.3, 0.4) is 0 Å². The van der Waals surface area contributed by atoms with Crippen LogP contribution >= 0.6 is 12.6 Å². The molecule has 0 fully saturated rings. The highest BCUT2D eigenvalue weighted by Crippen LogP contribution is 2.03. The molecule has 0 aliphatic rings. The molecule has 0 radical (unpaired) electrons. The summed E-state index contributed by atoms with van der Waals surface area (Å²) < 4.78 is 0. The van der Waals surface area contributed by atoms with Crippen LogP contribution in [-0.4, -0.2) is 88.2 Å². The molecule has 0 aromatic heterocycles. The molecule has 5 unspecified atom stereocenters. The number of aliphatic hydroxyl groups is 2. The van der Waals surface area contributed by atoms with Gasteiger partial charge < -0.3 is 42.7 Å². The lowest BCUT2D eigenvalue weighted by atomic mass is 10.1. The van der Waals surface area contributed by atoms with Crippen LogP contribution in [-0.2, 0) is 19.2 Å². The van der Waals surface area contributed by atoms with E-state index in [-0.39, 0.29) is 12.2 Å². The van der Waals surface area contributed by atoms with E-state index in [1.165, 1.54) is 6.92 Å². The summed E-state index contributed by atoms with van der Waals surface area (Å²) in [7, 11) is 0. The lowest BCUT2D eigenvalue weighted by Crippen LogP contribution is -2.60. The quantitative estimate of drug-likeness (QED) is 0.0962. The molecule has 0 heterocycles. The van der Waals surface area contributed by atoms with Crippen molar-refractivity contribution in [1.29, 1.82) is 0 Å². The summed E-state index contributed by atoms with van der Waals surface area (Å²) >= 11 is 3.95. The van der Waals surface area contributed by atoms with Gasteiger partial charge in [-0.05, 0) is 32.7 Å². The maximum absolute atomic E-state index is 12.4. The van der Waals surface area contributed by atoms with E-state index in [2.05, 4.69) is 28.6 Å². The first-order valence-electron chi connectivity index (χ1n) is 9.08. The number of carboxylic acid groups (broad SMARTS) is 1. The van der Waals surface area contributed by atoms with Crippen LogP contribution in [0.25, 0.3) is 0 Å². The minimum atomic E-state index is -1.47. The van der Waals surface area contributed by atoms with E-state index in [0.29, 0.717) is 19.4 Å². The molecule has 0 saturated heterocycles. The molecule has 29 heavy (non-hydrogen) atoms. The average molecular weight is 438 g/mol. The van der Waals surface area contributed by atoms with Gasteiger partial charge in [-0.25, -0.2) is 4.79 Å². The number of aliphatic carboxylic acids is 1. The van der Waals surface area contributed by atoms with Gasteiger partial charge in [-0.3, -0.25) is 14.4 Å². The van der Waals surface area contributed by atoms with E-state index in [9.17, 15) is 29.4 Å². The Balaban J connectivity index is 5.09. The molecular weight excluding hydrogens is 406 g/mol. The minimum Gasteiger partial charge on any atom is -0.480 e. The third-order valence-corrected chi connectivity index (χ3v) is 4.34. The lowest BCUT2D eigenvalue weighted by molar-refractivity contribution is -0.143. The van der Waals surface area contributed by atoms with Crippen molar-refractivity contribution < 1.29 is 34.5 Å². The third kappa shape index (κ3) is 9.89. The molecule has 13 heteroatoms. The van der Waals surface area contributed by atoms with Gasteiger partial charge in [-0.2, -0.15) is 12.6 Å². The Hall–Kier alpha value is -1.93. The number of carboxylic acids is 1. The Bertz CT molecular complexity index is 564. The fourth-order valence-corrected chi connectivity index (χ4v) is 2.48. The summed E-state index contributed by atoms with van der Waals surface area (Å²) in [6, 6.07) is -5.12. The molecule has 3 amide bonds. The minimum absolute atomic E-state index is 0.132. The SMILES string of the molecule is CC(O)C(NC(=O)C(CS)NC(=O)C(N)CO)C(=O)NC(CCCCN)C(=O)O. The molecule has 0 spiro atoms. The average Bonchev–Trinajstić information content (AvgIpc) is 2.67. The molecule has 0 rings (SSSR count). The van der Waals surface area contributed by atoms with Gasteiger partial charge in [0.05, 0.1) is 12.7 Å². The number of nitrogens with one attached hydrogen (secondary N) is 3. The van der Waals surface area contributed by atoms with Crippen LogP contribution in [0.4, 0.5) is 0 Å². The van der Waals surface area contributed by atoms with Gasteiger partial charge in [0.15, 0.2) is 0 Å². The van der Waals surface area contributed by atoms with Crippen molar-refractivity contribution in [3.05, 3.63) is 0 Å². The molecule has 0 aromatic rings. The highest BCUT2D eigenvalue weighted by Gasteiger charge is 2.32. The van der Waals surface area contributed by atoms with Crippen LogP contribution < -0.4 is 27.4 Å². The summed E-state index contributed by atoms with van der Waals surface area (Å²) in [6.07, 6.45) is -0.172. The van der Waals surface area contributed by atoms with Crippen molar-refractivity contribution in [3.8, 4) is 0 Å². The molecule has 5 atom stereocenters. The number of nitrogens with two attached hydrogens (primary N) is 2. The molecule has 0 aliphatic carbocycles. The van der Waals surface area contributed by atoms with E-state index >= 15 is 0 Å². The maximum atomic E-state index is 12.4. The number of amides is 3. The maximum Gasteiger partial charge on any atom is 0.326 e. The standard InChI is InChI=1S/C16H31N5O7S/c1-8(23)12(15(26)19-10(16(27)28)4-2-3-5-17)21-14(25)11(7-29)20-13(24)9(18)6-22/h8-12,22-23,29H,2-7,17-18H2,1H3,(H,19,26)(H,20,24)(H,21,25)(H,27,28). The van der Waals surface area contributed by atoms with Crippen molar-refractivity contribution in [1.82, 2.24) is 16.0 Å². The number of thiol groups is 1. The van der Waals surface area contributed by atoms with E-state index in [0.717, 1.165) is 0 Å². The fraction of sp³-hybridized carbons (Fsp3) is 0.750. The van der Waals surface area contributed by atoms with Gasteiger partial charge in [0.2, 0.25) is 17.7 Å². The van der Waals surface area contributed by atoms with Gasteiger partial charge in [0, 0.05) is 5.75 Å². The molecule has 0 bridgehead atoms. The number of carbonyl (C=O) groups excluding carboxylic acids is 3. The topological polar surface area (TPSA) is 217 Å². The van der Waals surface area contributed by atoms with Crippen molar-refractivity contribution in [2.45, 2.75) is 56.5 Å². The van der Waals surface area contributed by atoms with Gasteiger partial charge in [-0.1, -0.05) is 0 Å². The molecule has 168 valence electrons.